The molecule has 8 N–H and O–H groups in total. The number of hydrogen-bond donors (Lipinski definition) is 8. The van der Waals surface area contributed by atoms with Gasteiger partial charge in [0, 0.05) is 35.9 Å². The van der Waals surface area contributed by atoms with E-state index in [4.69, 9.17) is 11.6 Å². The Labute approximate surface area is 226 Å². The largest absolute Gasteiger partial charge is 0.325 e. The molecule has 19 heteroatoms. The highest BCUT2D eigenvalue weighted by molar-refractivity contribution is 9.11. The average Bonchev–Trinajstić information content (AvgIpc) is 2.84. The van der Waals surface area contributed by atoms with Crippen molar-refractivity contribution in [1.82, 2.24) is 39.9 Å². The van der Waals surface area contributed by atoms with Gasteiger partial charge in [0.15, 0.2) is 0 Å². The van der Waals surface area contributed by atoms with E-state index in [9.17, 15) is 42.7 Å². The van der Waals surface area contributed by atoms with Gasteiger partial charge in [-0.1, -0.05) is 15.9 Å². The molecule has 4 aromatic rings. The summed E-state index contributed by atoms with van der Waals surface area (Å²) in [5.41, 5.74) is -3.04. The maximum atomic E-state index is 12.0. The number of halogens is 3. The van der Waals surface area contributed by atoms with Crippen molar-refractivity contribution in [2.75, 3.05) is 0 Å². The zero-order valence-electron chi connectivity index (χ0n) is 19.6. The lowest BCUT2D eigenvalue weighted by molar-refractivity contribution is 0.597. The van der Waals surface area contributed by atoms with Crippen molar-refractivity contribution >= 4 is 33.6 Å². The van der Waals surface area contributed by atoms with Gasteiger partial charge in [-0.25, -0.2) is 19.2 Å². The Hall–Kier alpha value is -4.84. The van der Waals surface area contributed by atoms with Crippen LogP contribution in [0.3, 0.4) is 0 Å². The van der Waals surface area contributed by atoms with Gasteiger partial charge in [-0.05, 0) is 18.0 Å². The van der Waals surface area contributed by atoms with Gasteiger partial charge in [0.2, 0.25) is 5.82 Å². The van der Waals surface area contributed by atoms with Crippen LogP contribution >= 0.6 is 27.5 Å². The fourth-order valence-electron chi connectivity index (χ4n) is 2.13. The molecular formula is C20H19BrClFN8O8. The van der Waals surface area contributed by atoms with Crippen molar-refractivity contribution in [3.8, 4) is 0 Å². The normalized spacial score (nSPS) is 9.85. The number of nitrogens with one attached hydrogen (secondary N) is 8. The second kappa shape index (κ2) is 16.1. The van der Waals surface area contributed by atoms with Crippen LogP contribution in [-0.2, 0) is 5.88 Å². The third-order valence-electron chi connectivity index (χ3n) is 3.80. The SMILES string of the molecule is Cc1cc(=O)[nH]c(=O)[nH]1.O=c1[nH]cc(/C=C/Br)c(=O)[nH]1.O=c1[nH]cc(CCl)c(=O)[nH]1.O=c1[nH]cc(F)c(=O)[nH]1. The lowest BCUT2D eigenvalue weighted by atomic mass is 10.3. The first kappa shape index (κ1) is 32.2. The van der Waals surface area contributed by atoms with E-state index < -0.39 is 45.3 Å². The molecule has 0 saturated heterocycles. The smallest absolute Gasteiger partial charge is 0.314 e. The average molecular weight is 634 g/mol. The Morgan fingerprint density at radius 2 is 1.28 bits per heavy atom. The number of aromatic nitrogens is 8. The van der Waals surface area contributed by atoms with Crippen LogP contribution in [0.2, 0.25) is 0 Å². The summed E-state index contributed by atoms with van der Waals surface area (Å²) in [6.45, 7) is 1.65. The first-order valence-corrected chi connectivity index (χ1v) is 11.5. The van der Waals surface area contributed by atoms with Crippen LogP contribution in [0.15, 0.2) is 68.0 Å². The summed E-state index contributed by atoms with van der Waals surface area (Å²) in [5, 5.41) is 0. The summed E-state index contributed by atoms with van der Waals surface area (Å²) in [5.74, 6) is -0.888. The molecular weight excluding hydrogens is 615 g/mol. The summed E-state index contributed by atoms with van der Waals surface area (Å²) in [4.78, 5) is 102. The summed E-state index contributed by atoms with van der Waals surface area (Å²) >= 11 is 8.36. The van der Waals surface area contributed by atoms with E-state index in [0.717, 1.165) is 0 Å². The molecule has 0 aliphatic rings. The molecule has 16 nitrogen and oxygen atoms in total. The molecule has 0 saturated carbocycles. The number of aromatic amines is 8. The van der Waals surface area contributed by atoms with Gasteiger partial charge in [-0.3, -0.25) is 39.1 Å². The molecule has 0 aliphatic heterocycles. The van der Waals surface area contributed by atoms with Crippen molar-refractivity contribution in [2.45, 2.75) is 12.8 Å². The van der Waals surface area contributed by atoms with E-state index in [-0.39, 0.29) is 11.4 Å². The minimum absolute atomic E-state index is 0.103. The molecule has 0 spiro atoms. The van der Waals surface area contributed by atoms with Crippen LogP contribution in [0.4, 0.5) is 4.39 Å². The number of rotatable bonds is 2. The van der Waals surface area contributed by atoms with Crippen LogP contribution in [0.25, 0.3) is 6.08 Å². The molecule has 0 aliphatic carbocycles. The topological polar surface area (TPSA) is 263 Å². The van der Waals surface area contributed by atoms with E-state index >= 15 is 0 Å². The van der Waals surface area contributed by atoms with Crippen LogP contribution < -0.4 is 45.0 Å². The third kappa shape index (κ3) is 12.3. The Balaban J connectivity index is 0.000000261. The Bertz CT molecular complexity index is 1850. The molecule has 4 aromatic heterocycles. The van der Waals surface area contributed by atoms with Gasteiger partial charge in [0.1, 0.15) is 0 Å². The molecule has 4 rings (SSSR count). The van der Waals surface area contributed by atoms with Gasteiger partial charge < -0.3 is 19.9 Å². The number of alkyl halides is 1. The Morgan fingerprint density at radius 3 is 1.72 bits per heavy atom. The summed E-state index contributed by atoms with van der Waals surface area (Å²) in [6.07, 6.45) is 4.89. The van der Waals surface area contributed by atoms with Gasteiger partial charge in [0.25, 0.3) is 22.2 Å². The van der Waals surface area contributed by atoms with Crippen LogP contribution in [0.5, 0.6) is 0 Å². The summed E-state index contributed by atoms with van der Waals surface area (Å²) < 4.78 is 12.0. The van der Waals surface area contributed by atoms with Gasteiger partial charge >= 0.3 is 22.8 Å². The minimum Gasteiger partial charge on any atom is -0.314 e. The summed E-state index contributed by atoms with van der Waals surface area (Å²) in [7, 11) is 0. The molecule has 0 radical (unpaired) electrons. The second-order valence-corrected chi connectivity index (χ2v) is 7.54. The monoisotopic (exact) mass is 632 g/mol. The lowest BCUT2D eigenvalue weighted by Crippen LogP contribution is -2.23. The molecule has 39 heavy (non-hydrogen) atoms. The molecule has 0 atom stereocenters. The fraction of sp³-hybridized carbons (Fsp3) is 0.100. The summed E-state index contributed by atoms with van der Waals surface area (Å²) in [6, 6.07) is 1.32. The van der Waals surface area contributed by atoms with E-state index in [2.05, 4.69) is 35.9 Å². The van der Waals surface area contributed by atoms with Crippen molar-refractivity contribution in [2.24, 2.45) is 0 Å². The van der Waals surface area contributed by atoms with E-state index in [1.165, 1.54) is 29.5 Å². The standard InChI is InChI=1S/C6H5BrN2O2.C5H5ClN2O2.C5H6N2O2.C4H3FN2O2/c7-2-1-4-3-8-6(11)9-5(4)10;6-1-3-2-7-5(10)8-4(3)9;1-3-2-4(8)7-5(9)6-3;5-2-1-6-4(9)7-3(2)8/h1-3H,(H2,8,9,10,11);2H,1H2,(H2,7,8,9,10);2H,1H3,(H2,6,7,8,9);1H,(H2,6,7,8,9)/b2-1+;;;. The van der Waals surface area contributed by atoms with Crippen molar-refractivity contribution in [3.63, 3.8) is 0 Å². The number of aryl methyl sites for hydroxylation is 1. The zero-order valence-corrected chi connectivity index (χ0v) is 21.9. The van der Waals surface area contributed by atoms with Crippen LogP contribution in [-0.4, -0.2) is 39.9 Å². The molecule has 0 amide bonds. The van der Waals surface area contributed by atoms with Crippen molar-refractivity contribution in [1.29, 1.82) is 0 Å². The maximum Gasteiger partial charge on any atom is 0.325 e. The van der Waals surface area contributed by atoms with Crippen molar-refractivity contribution < 1.29 is 4.39 Å². The molecule has 4 heterocycles. The van der Waals surface area contributed by atoms with Crippen LogP contribution in [0, 0.1) is 12.7 Å². The zero-order chi connectivity index (χ0) is 29.5. The first-order chi connectivity index (χ1) is 18.4. The van der Waals surface area contributed by atoms with E-state index in [1.54, 1.807) is 11.9 Å². The number of hydrogen-bond acceptors (Lipinski definition) is 8. The predicted molar refractivity (Wildman–Crippen MR) is 143 cm³/mol. The highest BCUT2D eigenvalue weighted by Crippen LogP contribution is 1.92. The quantitative estimate of drug-likeness (QED) is 0.124. The molecule has 208 valence electrons. The second-order valence-electron chi connectivity index (χ2n) is 6.74. The highest BCUT2D eigenvalue weighted by atomic mass is 79.9. The molecule has 0 fully saturated rings. The lowest BCUT2D eigenvalue weighted by Gasteiger charge is -1.88. The minimum atomic E-state index is -1.00. The van der Waals surface area contributed by atoms with Crippen molar-refractivity contribution in [3.05, 3.63) is 136 Å². The number of H-pyrrole nitrogens is 8. The van der Waals surface area contributed by atoms with E-state index in [1.807, 2.05) is 15.0 Å². The van der Waals surface area contributed by atoms with E-state index in [0.29, 0.717) is 23.0 Å². The van der Waals surface area contributed by atoms with Crippen LogP contribution in [0.1, 0.15) is 16.8 Å². The van der Waals surface area contributed by atoms with Gasteiger partial charge in [-0.15, -0.1) is 11.6 Å². The molecule has 0 bridgehead atoms. The predicted octanol–water partition coefficient (Wildman–Crippen LogP) is -1.20. The highest BCUT2D eigenvalue weighted by Gasteiger charge is 1.96. The Kier molecular flexibility index (Phi) is 13.3. The van der Waals surface area contributed by atoms with Gasteiger partial charge in [0.05, 0.1) is 11.4 Å². The third-order valence-corrected chi connectivity index (χ3v) is 4.35. The maximum absolute atomic E-state index is 12.0. The fourth-order valence-corrected chi connectivity index (χ4v) is 2.62. The first-order valence-electron chi connectivity index (χ1n) is 10.1. The molecule has 0 unspecified atom stereocenters. The Morgan fingerprint density at radius 1 is 0.744 bits per heavy atom. The molecule has 0 aromatic carbocycles. The van der Waals surface area contributed by atoms with Gasteiger partial charge in [-0.2, -0.15) is 4.39 Å².